The third kappa shape index (κ3) is 10.3. The van der Waals surface area contributed by atoms with Crippen LogP contribution < -0.4 is 9.47 Å². The highest BCUT2D eigenvalue weighted by Crippen LogP contribution is 2.27. The highest BCUT2D eigenvalue weighted by Gasteiger charge is 2.30. The van der Waals surface area contributed by atoms with Crippen LogP contribution in [0.15, 0.2) is 182 Å². The molecule has 0 radical (unpaired) electrons. The average Bonchev–Trinajstić information content (AvgIpc) is 3.27. The van der Waals surface area contributed by atoms with Gasteiger partial charge in [-0.05, 0) is 82.9 Å². The molecular formula is C50H40N2O8. The first-order chi connectivity index (χ1) is 29.2. The van der Waals surface area contributed by atoms with Crippen molar-refractivity contribution < 1.29 is 38.9 Å². The topological polar surface area (TPSA) is 134 Å². The summed E-state index contributed by atoms with van der Waals surface area (Å²) in [6, 6.07) is 53.2. The Morgan fingerprint density at radius 1 is 0.350 bits per heavy atom. The number of amides is 2. The third-order valence-electron chi connectivity index (χ3n) is 9.64. The van der Waals surface area contributed by atoms with E-state index in [0.29, 0.717) is 23.0 Å². The first-order valence-corrected chi connectivity index (χ1v) is 19.1. The minimum atomic E-state index is -1.49. The van der Waals surface area contributed by atoms with Crippen molar-refractivity contribution in [3.63, 3.8) is 0 Å². The van der Waals surface area contributed by atoms with Crippen LogP contribution in [0.3, 0.4) is 0 Å². The molecule has 10 nitrogen and oxygen atoms in total. The van der Waals surface area contributed by atoms with Crippen molar-refractivity contribution in [2.75, 3.05) is 0 Å². The van der Waals surface area contributed by atoms with Gasteiger partial charge in [0.1, 0.15) is 23.0 Å². The predicted octanol–water partition coefficient (Wildman–Crippen LogP) is 10.4. The van der Waals surface area contributed by atoms with Gasteiger partial charge in [-0.15, -0.1) is 0 Å². The number of para-hydroxylation sites is 2. The van der Waals surface area contributed by atoms with Crippen molar-refractivity contribution in [1.29, 1.82) is 0 Å². The number of carboxylic acid groups (broad SMARTS) is 2. The molecule has 0 fully saturated rings. The lowest BCUT2D eigenvalue weighted by Gasteiger charge is -2.26. The summed E-state index contributed by atoms with van der Waals surface area (Å²) in [5.41, 5.74) is 1.26. The SMILES string of the molecule is O=C(O)c1cc(C(=O)N(Cc2ccccc2)Cc2ccc(Oc3ccccc3)cc2)c(C(=O)O)cc1C(=O)N(Cc1ccccc1)Cc1ccc(Oc2ccccc2)cc1. The summed E-state index contributed by atoms with van der Waals surface area (Å²) in [5, 5.41) is 21.1. The first kappa shape index (κ1) is 40.2. The molecule has 7 aromatic carbocycles. The smallest absolute Gasteiger partial charge is 0.336 e. The van der Waals surface area contributed by atoms with E-state index in [4.69, 9.17) is 9.47 Å². The van der Waals surface area contributed by atoms with Crippen LogP contribution in [0.4, 0.5) is 0 Å². The molecule has 10 heteroatoms. The van der Waals surface area contributed by atoms with E-state index in [-0.39, 0.29) is 37.3 Å². The molecule has 298 valence electrons. The number of aromatic carboxylic acids is 2. The van der Waals surface area contributed by atoms with Crippen LogP contribution in [-0.2, 0) is 26.2 Å². The molecule has 0 aliphatic rings. The van der Waals surface area contributed by atoms with E-state index in [2.05, 4.69) is 0 Å². The van der Waals surface area contributed by atoms with Gasteiger partial charge in [0.15, 0.2) is 0 Å². The molecule has 60 heavy (non-hydrogen) atoms. The molecule has 0 heterocycles. The maximum absolute atomic E-state index is 14.5. The second-order valence-corrected chi connectivity index (χ2v) is 14.0. The largest absolute Gasteiger partial charge is 0.478 e. The van der Waals surface area contributed by atoms with Gasteiger partial charge in [0.2, 0.25) is 0 Å². The molecule has 0 unspecified atom stereocenters. The second kappa shape index (κ2) is 19.0. The van der Waals surface area contributed by atoms with Crippen molar-refractivity contribution >= 4 is 23.8 Å². The zero-order valence-electron chi connectivity index (χ0n) is 32.4. The quantitative estimate of drug-likeness (QED) is 0.0987. The van der Waals surface area contributed by atoms with Gasteiger partial charge >= 0.3 is 11.9 Å². The minimum Gasteiger partial charge on any atom is -0.478 e. The molecule has 2 amide bonds. The van der Waals surface area contributed by atoms with Gasteiger partial charge in [-0.2, -0.15) is 0 Å². The lowest BCUT2D eigenvalue weighted by molar-refractivity contribution is 0.0653. The van der Waals surface area contributed by atoms with Crippen molar-refractivity contribution in [3.8, 4) is 23.0 Å². The van der Waals surface area contributed by atoms with Crippen molar-refractivity contribution in [1.82, 2.24) is 9.80 Å². The van der Waals surface area contributed by atoms with Gasteiger partial charge in [0.05, 0.1) is 22.3 Å². The maximum Gasteiger partial charge on any atom is 0.336 e. The number of nitrogens with zero attached hydrogens (tertiary/aromatic N) is 2. The molecule has 7 aromatic rings. The number of carbonyl (C=O) groups excluding carboxylic acids is 2. The molecule has 0 atom stereocenters. The number of carboxylic acids is 2. The summed E-state index contributed by atoms with van der Waals surface area (Å²) < 4.78 is 11.9. The van der Waals surface area contributed by atoms with Gasteiger partial charge in [0.25, 0.3) is 11.8 Å². The van der Waals surface area contributed by atoms with Crippen LogP contribution in [0.25, 0.3) is 0 Å². The van der Waals surface area contributed by atoms with Crippen LogP contribution in [0.1, 0.15) is 63.7 Å². The van der Waals surface area contributed by atoms with Gasteiger partial charge in [-0.3, -0.25) is 9.59 Å². The molecule has 0 saturated heterocycles. The Morgan fingerprint density at radius 2 is 0.617 bits per heavy atom. The van der Waals surface area contributed by atoms with Crippen molar-refractivity contribution in [2.24, 2.45) is 0 Å². The van der Waals surface area contributed by atoms with E-state index in [9.17, 15) is 29.4 Å². The molecule has 7 rings (SSSR count). The van der Waals surface area contributed by atoms with Crippen LogP contribution >= 0.6 is 0 Å². The maximum atomic E-state index is 14.5. The number of ether oxygens (including phenoxy) is 2. The Kier molecular flexibility index (Phi) is 12.7. The number of hydrogen-bond donors (Lipinski definition) is 2. The highest BCUT2D eigenvalue weighted by molar-refractivity contribution is 6.11. The molecule has 2 N–H and O–H groups in total. The number of carbonyl (C=O) groups is 4. The van der Waals surface area contributed by atoms with Crippen LogP contribution in [0, 0.1) is 0 Å². The molecule has 0 saturated carbocycles. The van der Waals surface area contributed by atoms with E-state index in [1.807, 2.05) is 121 Å². The molecule has 0 aromatic heterocycles. The van der Waals surface area contributed by atoms with E-state index < -0.39 is 34.9 Å². The lowest BCUT2D eigenvalue weighted by atomic mass is 9.95. The van der Waals surface area contributed by atoms with Crippen molar-refractivity contribution in [2.45, 2.75) is 26.2 Å². The molecule has 0 spiro atoms. The lowest BCUT2D eigenvalue weighted by Crippen LogP contribution is -2.34. The van der Waals surface area contributed by atoms with E-state index in [0.717, 1.165) is 34.4 Å². The summed E-state index contributed by atoms with van der Waals surface area (Å²) in [5.74, 6) is -1.93. The van der Waals surface area contributed by atoms with Crippen LogP contribution in [0.2, 0.25) is 0 Å². The Bertz CT molecular complexity index is 2380. The highest BCUT2D eigenvalue weighted by atomic mass is 16.5. The van der Waals surface area contributed by atoms with Gasteiger partial charge in [-0.25, -0.2) is 9.59 Å². The fraction of sp³-hybridized carbons (Fsp3) is 0.0800. The summed E-state index contributed by atoms with van der Waals surface area (Å²) >= 11 is 0. The zero-order chi connectivity index (χ0) is 41.8. The van der Waals surface area contributed by atoms with E-state index in [1.165, 1.54) is 9.80 Å². The van der Waals surface area contributed by atoms with Gasteiger partial charge < -0.3 is 29.5 Å². The van der Waals surface area contributed by atoms with Gasteiger partial charge in [0, 0.05) is 26.2 Å². The summed E-state index contributed by atoms with van der Waals surface area (Å²) in [6.45, 7) is 0.289. The Hall–Kier alpha value is -7.98. The Balaban J connectivity index is 1.20. The van der Waals surface area contributed by atoms with Crippen LogP contribution in [-0.4, -0.2) is 43.8 Å². The van der Waals surface area contributed by atoms with E-state index in [1.54, 1.807) is 48.5 Å². The average molecular weight is 797 g/mol. The van der Waals surface area contributed by atoms with Crippen LogP contribution in [0.5, 0.6) is 23.0 Å². The molecule has 0 aliphatic carbocycles. The molecular weight excluding hydrogens is 757 g/mol. The first-order valence-electron chi connectivity index (χ1n) is 19.1. The standard InChI is InChI=1S/C50H40N2O8/c53-47(51(31-35-13-5-1-6-14-35)33-37-21-25-41(26-22-37)59-39-17-9-3-10-18-39)43-29-46(50(57)58)44(30-45(43)49(55)56)48(54)52(32-36-15-7-2-8-16-36)34-38-23-27-42(28-24-38)60-40-19-11-4-12-20-40/h1-30H,31-34H2,(H,55,56)(H,57,58). The summed E-state index contributed by atoms with van der Waals surface area (Å²) in [6.07, 6.45) is 0. The zero-order valence-corrected chi connectivity index (χ0v) is 32.4. The minimum absolute atomic E-state index is 0.0571. The predicted molar refractivity (Wildman–Crippen MR) is 226 cm³/mol. The second-order valence-electron chi connectivity index (χ2n) is 14.0. The number of benzene rings is 7. The molecule has 0 aliphatic heterocycles. The number of hydrogen-bond acceptors (Lipinski definition) is 6. The third-order valence-corrected chi connectivity index (χ3v) is 9.64. The fourth-order valence-corrected chi connectivity index (χ4v) is 6.67. The summed E-state index contributed by atoms with van der Waals surface area (Å²) in [7, 11) is 0. The summed E-state index contributed by atoms with van der Waals surface area (Å²) in [4.78, 5) is 57.9. The van der Waals surface area contributed by atoms with Crippen molar-refractivity contribution in [3.05, 3.63) is 226 Å². The monoisotopic (exact) mass is 796 g/mol. The Morgan fingerprint density at radius 3 is 0.917 bits per heavy atom. The molecule has 0 bridgehead atoms. The normalized spacial score (nSPS) is 10.7. The Labute approximate surface area is 347 Å². The fourth-order valence-electron chi connectivity index (χ4n) is 6.67. The van der Waals surface area contributed by atoms with E-state index >= 15 is 0 Å². The van der Waals surface area contributed by atoms with Gasteiger partial charge in [-0.1, -0.05) is 121 Å². The number of rotatable bonds is 16.